The average molecular weight is 1600 g/mol. The maximum Gasteiger partial charge on any atom is 0.337 e. The van der Waals surface area contributed by atoms with Crippen molar-refractivity contribution in [1.29, 1.82) is 0 Å². The summed E-state index contributed by atoms with van der Waals surface area (Å²) in [5, 5.41) is 9.63. The standard InChI is InChI=1S/C31H36N8O2.C17H16N4O3S.C16H15N5O2S.C9H10N4OS.HI/c1-3-15-38-29(41)26-21-33-30(35-28(26)39(38)25-6-4-5-22(20-25)27(32)40)34-23-7-9-24(10-8-23)37-18-13-31(14-19-37)11-16-36(2)17-12-31;1-4-8-20-15(22)13-10-18-17(25-3)19-14(13)21(20)12-7-5-6-11(9-12)16(23)24-2;1-3-7-20-15(23)12-9-18-16(24-2)19-14(12)21(20)11-6-4-5-10(8-11)13(17)22;1-3-4-13-8(14)6-5-10-9(15-2)11-7(6)12-13;/h3-10,20-21H,1,11-19H2,2H3,(H2,32,40)(H,33,34,35);4-7,9-10H,1,8H2,2-3H3;3-6,8-9H,1,7H2,2H3,(H2,17,22);3,5H,1,4H2,2H3,(H,10,11,12);1H. The van der Waals surface area contributed by atoms with Gasteiger partial charge in [-0.3, -0.25) is 33.9 Å². The SMILES string of the molecule is C=CCn1[nH]c2nc(SC)ncc2c1=O.C=CCn1c(=O)c2cnc(Nc3ccc(N4CCC5(CCN(C)CC5)CC4)cc3)nc2n1-c1cccc(C(N)=O)c1.C=CCn1c(=O)c2cnc(SC)nc2n1-c1cccc(C(=O)OC)c1.C=CCn1c(=O)c2cnc(SC)nc2n1-c1cccc(C(N)=O)c1.I. The molecule has 106 heavy (non-hydrogen) atoms. The number of carbonyl (C=O) groups excluding carboxylic acids is 3. The van der Waals surface area contributed by atoms with Gasteiger partial charge in [0.05, 0.1) is 55.9 Å². The lowest BCUT2D eigenvalue weighted by Gasteiger charge is -2.46. The zero-order valence-corrected chi connectivity index (χ0v) is 63.6. The van der Waals surface area contributed by atoms with Crippen molar-refractivity contribution >= 4 is 139 Å². The summed E-state index contributed by atoms with van der Waals surface area (Å²) in [6, 6.07) is 28.7. The Labute approximate surface area is 637 Å². The Morgan fingerprint density at radius 1 is 0.528 bits per heavy atom. The van der Waals surface area contributed by atoms with Crippen LogP contribution in [0.1, 0.15) is 56.8 Å². The number of H-pyrrole nitrogens is 1. The van der Waals surface area contributed by atoms with Gasteiger partial charge >= 0.3 is 5.97 Å². The summed E-state index contributed by atoms with van der Waals surface area (Å²) in [6.45, 7) is 20.7. The van der Waals surface area contributed by atoms with Crippen molar-refractivity contribution in [2.24, 2.45) is 16.9 Å². The van der Waals surface area contributed by atoms with E-state index in [-0.39, 0.29) is 52.8 Å². The molecule has 0 radical (unpaired) electrons. The molecule has 6 N–H and O–H groups in total. The predicted molar refractivity (Wildman–Crippen MR) is 428 cm³/mol. The van der Waals surface area contributed by atoms with E-state index in [0.29, 0.717) is 124 Å². The summed E-state index contributed by atoms with van der Waals surface area (Å²) in [7, 11) is 3.55. The van der Waals surface area contributed by atoms with Crippen LogP contribution in [0.4, 0.5) is 17.3 Å². The number of piperidine rings is 2. The summed E-state index contributed by atoms with van der Waals surface area (Å²) in [4.78, 5) is 125. The second-order valence-corrected chi connectivity index (χ2v) is 26.7. The second kappa shape index (κ2) is 34.7. The molecule has 0 saturated carbocycles. The van der Waals surface area contributed by atoms with Gasteiger partial charge in [0.1, 0.15) is 21.5 Å². The van der Waals surface area contributed by atoms with Crippen LogP contribution in [0, 0.1) is 5.41 Å². The highest BCUT2D eigenvalue weighted by atomic mass is 127. The van der Waals surface area contributed by atoms with Gasteiger partial charge in [0, 0.05) is 60.4 Å². The molecule has 0 aliphatic carbocycles. The van der Waals surface area contributed by atoms with Crippen molar-refractivity contribution in [3.8, 4) is 17.1 Å². The van der Waals surface area contributed by atoms with Crippen molar-refractivity contribution in [3.05, 3.63) is 231 Å². The van der Waals surface area contributed by atoms with Crippen LogP contribution in [0.2, 0.25) is 0 Å². The van der Waals surface area contributed by atoms with Gasteiger partial charge in [-0.1, -0.05) is 77.8 Å². The fourth-order valence-electron chi connectivity index (χ4n) is 12.4. The molecule has 1 spiro atoms. The van der Waals surface area contributed by atoms with Crippen LogP contribution in [0.3, 0.4) is 0 Å². The minimum Gasteiger partial charge on any atom is -0.465 e. The van der Waals surface area contributed by atoms with Gasteiger partial charge in [0.15, 0.2) is 38.1 Å². The lowest BCUT2D eigenvalue weighted by Crippen LogP contribution is -2.46. The van der Waals surface area contributed by atoms with Crippen molar-refractivity contribution in [1.82, 2.24) is 82.6 Å². The quantitative estimate of drug-likeness (QED) is 0.0181. The maximum absolute atomic E-state index is 13.2. The second-order valence-electron chi connectivity index (χ2n) is 24.4. The van der Waals surface area contributed by atoms with E-state index in [1.54, 1.807) is 117 Å². The fraction of sp³-hybridized carbons (Fsp3) is 0.247. The summed E-state index contributed by atoms with van der Waals surface area (Å²) in [5.74, 6) is -1.17. The van der Waals surface area contributed by atoms with Crippen molar-refractivity contribution in [2.75, 3.05) is 69.3 Å². The van der Waals surface area contributed by atoms with E-state index in [9.17, 15) is 33.6 Å². The molecule has 33 heteroatoms. The monoisotopic (exact) mass is 1600 g/mol. The van der Waals surface area contributed by atoms with Gasteiger partial charge in [-0.05, 0) is 149 Å². The Balaban J connectivity index is 0.000000160. The number of fused-ring (bicyclic) bond motifs is 4. The highest BCUT2D eigenvalue weighted by Crippen LogP contribution is 2.42. The molecular weight excluding hydrogens is 1520 g/mol. The van der Waals surface area contributed by atoms with Crippen LogP contribution in [0.15, 0.2) is 207 Å². The van der Waals surface area contributed by atoms with Gasteiger partial charge in [0.25, 0.3) is 22.2 Å². The summed E-state index contributed by atoms with van der Waals surface area (Å²) in [5.41, 5.74) is 17.5. The number of amides is 2. The average Bonchev–Trinajstić information content (AvgIpc) is 1.62. The van der Waals surface area contributed by atoms with Gasteiger partial charge in [-0.25, -0.2) is 72.5 Å². The molecule has 0 atom stereocenters. The number of nitrogens with two attached hydrogens (primary N) is 2. The molecule has 2 aliphatic rings. The highest BCUT2D eigenvalue weighted by Gasteiger charge is 2.37. The molecule has 10 heterocycles. The number of ether oxygens (including phenoxy) is 1. The van der Waals surface area contributed by atoms with Crippen LogP contribution in [0.25, 0.3) is 61.2 Å². The van der Waals surface area contributed by atoms with E-state index in [1.165, 1.54) is 124 Å². The first-order valence-corrected chi connectivity index (χ1v) is 36.7. The zero-order chi connectivity index (χ0) is 74.6. The molecule has 2 fully saturated rings. The van der Waals surface area contributed by atoms with Crippen LogP contribution >= 0.6 is 59.3 Å². The molecule has 0 bridgehead atoms. The Bertz CT molecular complexity index is 5540. The number of rotatable bonds is 20. The number of thioether (sulfide) groups is 3. The van der Waals surface area contributed by atoms with Crippen LogP contribution in [-0.4, -0.2) is 160 Å². The number of likely N-dealkylation sites (tertiary alicyclic amines) is 1. The van der Waals surface area contributed by atoms with Gasteiger partial charge in [-0.2, -0.15) is 4.98 Å². The van der Waals surface area contributed by atoms with Crippen LogP contribution in [0.5, 0.6) is 0 Å². The van der Waals surface area contributed by atoms with Gasteiger partial charge < -0.3 is 31.3 Å². The molecular formula is C73H78IN21O8S3. The first-order chi connectivity index (χ1) is 50.8. The molecule has 14 rings (SSSR count). The minimum absolute atomic E-state index is 0. The van der Waals surface area contributed by atoms with E-state index in [4.69, 9.17) is 21.2 Å². The molecule has 2 amide bonds. The lowest BCUT2D eigenvalue weighted by atomic mass is 9.71. The molecule has 12 aromatic rings. The first-order valence-electron chi connectivity index (χ1n) is 33.1. The number of anilines is 3. The molecule has 29 nitrogen and oxygen atoms in total. The van der Waals surface area contributed by atoms with E-state index in [2.05, 4.69) is 101 Å². The topological polar surface area (TPSA) is 353 Å². The number of halogens is 1. The third-order valence-corrected chi connectivity index (χ3v) is 19.5. The lowest BCUT2D eigenvalue weighted by molar-refractivity contribution is 0.0600. The molecule has 2 aliphatic heterocycles. The first kappa shape index (κ1) is 77.6. The number of aromatic amines is 1. The number of hydrogen-bond donors (Lipinski definition) is 4. The third-order valence-electron chi connectivity index (χ3n) is 17.9. The van der Waals surface area contributed by atoms with E-state index in [1.807, 2.05) is 30.9 Å². The summed E-state index contributed by atoms with van der Waals surface area (Å²) < 4.78 is 15.8. The predicted octanol–water partition coefficient (Wildman–Crippen LogP) is 9.43. The Morgan fingerprint density at radius 2 is 0.934 bits per heavy atom. The summed E-state index contributed by atoms with van der Waals surface area (Å²) in [6.07, 6.45) is 23.4. The van der Waals surface area contributed by atoms with Crippen LogP contribution < -0.4 is 43.9 Å². The van der Waals surface area contributed by atoms with Gasteiger partial charge in [-0.15, -0.1) is 50.3 Å². The molecule has 0 unspecified atom stereocenters. The molecule has 8 aromatic heterocycles. The minimum atomic E-state index is -0.549. The van der Waals surface area contributed by atoms with Crippen LogP contribution in [-0.2, 0) is 30.9 Å². The highest BCUT2D eigenvalue weighted by molar-refractivity contribution is 14.0. The van der Waals surface area contributed by atoms with Gasteiger partial charge in [0.2, 0.25) is 17.8 Å². The maximum atomic E-state index is 13.2. The van der Waals surface area contributed by atoms with E-state index < -0.39 is 17.8 Å². The number of primary amides is 2. The Morgan fingerprint density at radius 3 is 1.37 bits per heavy atom. The largest absolute Gasteiger partial charge is 0.465 e. The smallest absolute Gasteiger partial charge is 0.337 e. The zero-order valence-electron chi connectivity index (χ0n) is 58.8. The molecule has 2 saturated heterocycles. The van der Waals surface area contributed by atoms with Crippen molar-refractivity contribution in [2.45, 2.75) is 67.3 Å². The Kier molecular flexibility index (Phi) is 25.4. The van der Waals surface area contributed by atoms with Crippen molar-refractivity contribution in [3.63, 3.8) is 0 Å². The van der Waals surface area contributed by atoms with E-state index in [0.717, 1.165) is 18.8 Å². The van der Waals surface area contributed by atoms with Crippen molar-refractivity contribution < 1.29 is 19.1 Å². The number of methoxy groups -OCH3 is 1. The number of carbonyl (C=O) groups is 3. The number of nitrogens with zero attached hydrogens (tertiary/aromatic N) is 17. The molecule has 4 aromatic carbocycles. The number of benzene rings is 4. The Hall–Kier alpha value is -11.0. The summed E-state index contributed by atoms with van der Waals surface area (Å²) >= 11 is 4.21. The van der Waals surface area contributed by atoms with E-state index >= 15 is 0 Å². The normalized spacial score (nSPS) is 13.2. The number of nitrogens with one attached hydrogen (secondary N) is 2. The molecule has 548 valence electrons. The third kappa shape index (κ3) is 16.7. The number of aromatic nitrogens is 16. The number of hydrogen-bond acceptors (Lipinski definition) is 22. The number of allylic oxidation sites excluding steroid dienone is 4. The fourth-order valence-corrected chi connectivity index (χ4v) is 13.4. The number of esters is 1.